The van der Waals surface area contributed by atoms with Gasteiger partial charge in [-0.05, 0) is 19.3 Å². The van der Waals surface area contributed by atoms with Gasteiger partial charge in [-0.15, -0.1) is 0 Å². The number of hydrogen-bond acceptors (Lipinski definition) is 3. The molecule has 2 aliphatic rings. The molecule has 1 aliphatic carbocycles. The van der Waals surface area contributed by atoms with Crippen molar-refractivity contribution < 1.29 is 14.7 Å². The maximum Gasteiger partial charge on any atom is 0.233 e. The molecule has 2 unspecified atom stereocenters. The molecule has 1 aliphatic heterocycles. The molecular weight excluding hydrogens is 230 g/mol. The second kappa shape index (κ2) is 4.55. The normalized spacial score (nSPS) is 29.4. The molecule has 2 amide bonds. The van der Waals surface area contributed by atoms with Gasteiger partial charge in [0.25, 0.3) is 0 Å². The summed E-state index contributed by atoms with van der Waals surface area (Å²) in [6.45, 7) is 0.310. The Morgan fingerprint density at radius 1 is 1.38 bits per heavy atom. The van der Waals surface area contributed by atoms with E-state index in [2.05, 4.69) is 0 Å². The fourth-order valence-corrected chi connectivity index (χ4v) is 2.60. The summed E-state index contributed by atoms with van der Waals surface area (Å²) in [5.41, 5.74) is 0. The molecule has 1 saturated heterocycles. The Bertz CT molecular complexity index is 353. The van der Waals surface area contributed by atoms with Gasteiger partial charge in [0.15, 0.2) is 0 Å². The van der Waals surface area contributed by atoms with E-state index in [0.717, 1.165) is 0 Å². The van der Waals surface area contributed by atoms with Gasteiger partial charge < -0.3 is 5.11 Å². The van der Waals surface area contributed by atoms with Crippen LogP contribution in [0.3, 0.4) is 0 Å². The van der Waals surface area contributed by atoms with Gasteiger partial charge in [-0.1, -0.05) is 17.7 Å². The zero-order valence-corrected chi connectivity index (χ0v) is 9.61. The smallest absolute Gasteiger partial charge is 0.233 e. The van der Waals surface area contributed by atoms with E-state index < -0.39 is 0 Å². The lowest BCUT2D eigenvalue weighted by molar-refractivity contribution is -0.140. The standard InChI is InChI=1S/C11H14ClNO3/c12-7-2-3-8-9(6-7)11(16)13(10(8)15)4-1-5-14/h2,8-9,14H,1,3-6H2. The molecule has 5 heteroatoms. The lowest BCUT2D eigenvalue weighted by atomic mass is 9.85. The monoisotopic (exact) mass is 243 g/mol. The van der Waals surface area contributed by atoms with E-state index >= 15 is 0 Å². The summed E-state index contributed by atoms with van der Waals surface area (Å²) in [6.07, 6.45) is 3.30. The van der Waals surface area contributed by atoms with Crippen molar-refractivity contribution in [1.29, 1.82) is 0 Å². The van der Waals surface area contributed by atoms with Crippen LogP contribution in [0.15, 0.2) is 11.1 Å². The molecule has 0 saturated carbocycles. The molecule has 0 aromatic heterocycles. The number of likely N-dealkylation sites (tertiary alicyclic amines) is 1. The summed E-state index contributed by atoms with van der Waals surface area (Å²) in [6, 6.07) is 0. The largest absolute Gasteiger partial charge is 0.396 e. The predicted molar refractivity (Wildman–Crippen MR) is 58.6 cm³/mol. The molecule has 0 aromatic carbocycles. The van der Waals surface area contributed by atoms with Gasteiger partial charge in [0, 0.05) is 18.2 Å². The molecule has 1 heterocycles. The number of carbonyl (C=O) groups is 2. The summed E-state index contributed by atoms with van der Waals surface area (Å²) >= 11 is 5.89. The lowest BCUT2D eigenvalue weighted by Crippen LogP contribution is -2.32. The molecule has 1 N–H and O–H groups in total. The molecule has 0 spiro atoms. The number of imide groups is 1. The van der Waals surface area contributed by atoms with Crippen molar-refractivity contribution in [2.75, 3.05) is 13.2 Å². The van der Waals surface area contributed by atoms with E-state index in [0.29, 0.717) is 30.8 Å². The molecule has 0 aromatic rings. The molecule has 2 atom stereocenters. The van der Waals surface area contributed by atoms with E-state index in [1.54, 1.807) is 0 Å². The minimum atomic E-state index is -0.274. The molecule has 16 heavy (non-hydrogen) atoms. The van der Waals surface area contributed by atoms with Gasteiger partial charge in [-0.25, -0.2) is 0 Å². The number of carbonyl (C=O) groups excluding carboxylic acids is 2. The highest BCUT2D eigenvalue weighted by Gasteiger charge is 2.47. The molecule has 0 bridgehead atoms. The third-order valence-electron chi connectivity index (χ3n) is 3.20. The van der Waals surface area contributed by atoms with Gasteiger partial charge in [-0.3, -0.25) is 14.5 Å². The van der Waals surface area contributed by atoms with Crippen molar-refractivity contribution in [2.45, 2.75) is 19.3 Å². The molecule has 1 fully saturated rings. The molecule has 0 radical (unpaired) electrons. The van der Waals surface area contributed by atoms with Crippen LogP contribution in [-0.4, -0.2) is 35.0 Å². The molecular formula is C11H14ClNO3. The number of halogens is 1. The van der Waals surface area contributed by atoms with Gasteiger partial charge in [0.05, 0.1) is 11.8 Å². The van der Waals surface area contributed by atoms with E-state index in [-0.39, 0.29) is 30.3 Å². The lowest BCUT2D eigenvalue weighted by Gasteiger charge is -2.17. The molecule has 4 nitrogen and oxygen atoms in total. The van der Waals surface area contributed by atoms with Gasteiger partial charge >= 0.3 is 0 Å². The van der Waals surface area contributed by atoms with Crippen molar-refractivity contribution in [3.05, 3.63) is 11.1 Å². The second-order valence-corrected chi connectivity index (χ2v) is 4.69. The first-order valence-electron chi connectivity index (χ1n) is 5.45. The fraction of sp³-hybridized carbons (Fsp3) is 0.636. The van der Waals surface area contributed by atoms with Crippen molar-refractivity contribution in [1.82, 2.24) is 4.90 Å². The summed E-state index contributed by atoms with van der Waals surface area (Å²) < 4.78 is 0. The number of fused-ring (bicyclic) bond motifs is 1. The van der Waals surface area contributed by atoms with Crippen LogP contribution in [0.1, 0.15) is 19.3 Å². The number of rotatable bonds is 3. The zero-order chi connectivity index (χ0) is 11.7. The maximum atomic E-state index is 11.9. The van der Waals surface area contributed by atoms with E-state index in [1.807, 2.05) is 6.08 Å². The quantitative estimate of drug-likeness (QED) is 0.749. The minimum Gasteiger partial charge on any atom is -0.396 e. The number of amides is 2. The van der Waals surface area contributed by atoms with Gasteiger partial charge in [-0.2, -0.15) is 0 Å². The average molecular weight is 244 g/mol. The minimum absolute atomic E-state index is 0.00853. The topological polar surface area (TPSA) is 57.6 Å². The highest BCUT2D eigenvalue weighted by atomic mass is 35.5. The summed E-state index contributed by atoms with van der Waals surface area (Å²) in [5, 5.41) is 9.39. The first-order chi connectivity index (χ1) is 7.65. The summed E-state index contributed by atoms with van der Waals surface area (Å²) in [4.78, 5) is 25.1. The predicted octanol–water partition coefficient (Wildman–Crippen LogP) is 0.887. The molecule has 2 rings (SSSR count). The van der Waals surface area contributed by atoms with Crippen LogP contribution in [0.2, 0.25) is 0 Å². The van der Waals surface area contributed by atoms with Crippen LogP contribution in [-0.2, 0) is 9.59 Å². The van der Waals surface area contributed by atoms with Crippen LogP contribution in [0, 0.1) is 11.8 Å². The third kappa shape index (κ3) is 1.87. The van der Waals surface area contributed by atoms with Crippen LogP contribution in [0.25, 0.3) is 0 Å². The van der Waals surface area contributed by atoms with Crippen molar-refractivity contribution in [3.8, 4) is 0 Å². The van der Waals surface area contributed by atoms with Gasteiger partial charge in [0.1, 0.15) is 0 Å². The maximum absolute atomic E-state index is 11.9. The Kier molecular flexibility index (Phi) is 3.30. The Morgan fingerprint density at radius 3 is 2.75 bits per heavy atom. The number of hydrogen-bond donors (Lipinski definition) is 1. The van der Waals surface area contributed by atoms with Crippen LogP contribution < -0.4 is 0 Å². The van der Waals surface area contributed by atoms with Crippen molar-refractivity contribution >= 4 is 23.4 Å². The van der Waals surface area contributed by atoms with Gasteiger partial charge in [0.2, 0.25) is 11.8 Å². The Labute approximate surface area is 98.9 Å². The number of aliphatic hydroxyl groups is 1. The summed E-state index contributed by atoms with van der Waals surface area (Å²) in [5.74, 6) is -0.740. The number of allylic oxidation sites excluding steroid dienone is 2. The second-order valence-electron chi connectivity index (χ2n) is 4.21. The number of nitrogens with zero attached hydrogens (tertiary/aromatic N) is 1. The number of aliphatic hydroxyl groups excluding tert-OH is 1. The molecule has 88 valence electrons. The first-order valence-corrected chi connectivity index (χ1v) is 5.83. The Balaban J connectivity index is 2.12. The van der Waals surface area contributed by atoms with Crippen LogP contribution >= 0.6 is 11.6 Å². The zero-order valence-electron chi connectivity index (χ0n) is 8.86. The van der Waals surface area contributed by atoms with E-state index in [1.165, 1.54) is 4.90 Å². The van der Waals surface area contributed by atoms with Crippen molar-refractivity contribution in [2.24, 2.45) is 11.8 Å². The Morgan fingerprint density at radius 2 is 2.06 bits per heavy atom. The van der Waals surface area contributed by atoms with E-state index in [4.69, 9.17) is 16.7 Å². The third-order valence-corrected chi connectivity index (χ3v) is 3.51. The fourth-order valence-electron chi connectivity index (χ4n) is 2.35. The highest BCUT2D eigenvalue weighted by Crippen LogP contribution is 2.38. The SMILES string of the molecule is O=C1C2CC=C(Cl)CC2C(=O)N1CCCO. The van der Waals surface area contributed by atoms with Crippen LogP contribution in [0.5, 0.6) is 0 Å². The van der Waals surface area contributed by atoms with Crippen molar-refractivity contribution in [3.63, 3.8) is 0 Å². The Hall–Kier alpha value is -0.870. The highest BCUT2D eigenvalue weighted by molar-refractivity contribution is 6.30. The average Bonchev–Trinajstić information content (AvgIpc) is 2.50. The summed E-state index contributed by atoms with van der Waals surface area (Å²) in [7, 11) is 0. The first kappa shape index (κ1) is 11.6. The van der Waals surface area contributed by atoms with Crippen LogP contribution in [0.4, 0.5) is 0 Å². The van der Waals surface area contributed by atoms with E-state index in [9.17, 15) is 9.59 Å².